The molecule has 0 aliphatic carbocycles. The number of aliphatic imine (C=N–C) groups is 1. The first-order valence-corrected chi connectivity index (χ1v) is 5.61. The molecule has 0 aliphatic heterocycles. The maximum Gasteiger partial charge on any atom is 0.130 e. The highest BCUT2D eigenvalue weighted by atomic mass is 16.5. The Bertz CT molecular complexity index is 543. The molecule has 0 fully saturated rings. The number of nitrogens with zero attached hydrogens (tertiary/aromatic N) is 3. The third-order valence-corrected chi connectivity index (χ3v) is 2.67. The standard InChI is InChI=1S/C13H16N4O/c1-15-7-11-8-16-17(13(11)14)9-10-3-5-12(18-2)6-4-10/h3-8H,9,14H2,1-2H3. The zero-order valence-electron chi connectivity index (χ0n) is 10.5. The lowest BCUT2D eigenvalue weighted by Gasteiger charge is -2.05. The topological polar surface area (TPSA) is 65.4 Å². The van der Waals surface area contributed by atoms with Crippen molar-refractivity contribution >= 4 is 12.0 Å². The van der Waals surface area contributed by atoms with Gasteiger partial charge in [-0.2, -0.15) is 5.10 Å². The SMILES string of the molecule is CN=Cc1cnn(Cc2ccc(OC)cc2)c1N. The fraction of sp³-hybridized carbons (Fsp3) is 0.231. The van der Waals surface area contributed by atoms with Crippen molar-refractivity contribution in [1.82, 2.24) is 9.78 Å². The van der Waals surface area contributed by atoms with E-state index in [1.54, 1.807) is 31.3 Å². The second kappa shape index (κ2) is 5.35. The lowest BCUT2D eigenvalue weighted by molar-refractivity contribution is 0.414. The summed E-state index contributed by atoms with van der Waals surface area (Å²) in [7, 11) is 3.36. The van der Waals surface area contributed by atoms with Crippen LogP contribution in [0.1, 0.15) is 11.1 Å². The van der Waals surface area contributed by atoms with E-state index in [-0.39, 0.29) is 0 Å². The van der Waals surface area contributed by atoms with Crippen molar-refractivity contribution in [3.05, 3.63) is 41.6 Å². The fourth-order valence-corrected chi connectivity index (χ4v) is 1.68. The molecule has 5 nitrogen and oxygen atoms in total. The molecule has 0 unspecified atom stereocenters. The van der Waals surface area contributed by atoms with Gasteiger partial charge in [-0.25, -0.2) is 4.68 Å². The molecule has 1 heterocycles. The number of ether oxygens (including phenoxy) is 1. The van der Waals surface area contributed by atoms with Crippen molar-refractivity contribution in [1.29, 1.82) is 0 Å². The summed E-state index contributed by atoms with van der Waals surface area (Å²) >= 11 is 0. The molecule has 0 amide bonds. The van der Waals surface area contributed by atoms with E-state index in [0.29, 0.717) is 12.4 Å². The van der Waals surface area contributed by atoms with Crippen molar-refractivity contribution in [2.75, 3.05) is 19.9 Å². The summed E-state index contributed by atoms with van der Waals surface area (Å²) in [6.07, 6.45) is 3.42. The number of methoxy groups -OCH3 is 1. The molecule has 2 aromatic rings. The van der Waals surface area contributed by atoms with Crippen LogP contribution in [0, 0.1) is 0 Å². The van der Waals surface area contributed by atoms with Crippen molar-refractivity contribution in [3.63, 3.8) is 0 Å². The molecule has 0 saturated carbocycles. The van der Waals surface area contributed by atoms with E-state index in [2.05, 4.69) is 10.1 Å². The minimum Gasteiger partial charge on any atom is -0.497 e. The molecule has 0 atom stereocenters. The molecule has 1 aromatic heterocycles. The predicted octanol–water partition coefficient (Wildman–Crippen LogP) is 1.57. The van der Waals surface area contributed by atoms with Crippen LogP contribution in [0.15, 0.2) is 35.5 Å². The van der Waals surface area contributed by atoms with Crippen molar-refractivity contribution in [3.8, 4) is 5.75 Å². The van der Waals surface area contributed by atoms with E-state index in [1.165, 1.54) is 0 Å². The van der Waals surface area contributed by atoms with Gasteiger partial charge >= 0.3 is 0 Å². The smallest absolute Gasteiger partial charge is 0.130 e. The summed E-state index contributed by atoms with van der Waals surface area (Å²) in [5.74, 6) is 1.46. The minimum atomic E-state index is 0.622. The van der Waals surface area contributed by atoms with Gasteiger partial charge in [0, 0.05) is 13.3 Å². The summed E-state index contributed by atoms with van der Waals surface area (Å²) in [5, 5.41) is 4.24. The molecule has 0 saturated heterocycles. The van der Waals surface area contributed by atoms with Crippen LogP contribution >= 0.6 is 0 Å². The minimum absolute atomic E-state index is 0.622. The van der Waals surface area contributed by atoms with E-state index in [0.717, 1.165) is 16.9 Å². The quantitative estimate of drug-likeness (QED) is 0.830. The van der Waals surface area contributed by atoms with Gasteiger partial charge in [0.1, 0.15) is 11.6 Å². The Morgan fingerprint density at radius 1 is 1.39 bits per heavy atom. The fourth-order valence-electron chi connectivity index (χ4n) is 1.68. The summed E-state index contributed by atoms with van der Waals surface area (Å²) in [5.41, 5.74) is 7.93. The van der Waals surface area contributed by atoms with Crippen molar-refractivity contribution in [2.24, 2.45) is 4.99 Å². The summed E-state index contributed by atoms with van der Waals surface area (Å²) in [6, 6.07) is 7.83. The van der Waals surface area contributed by atoms with Crippen LogP contribution < -0.4 is 10.5 Å². The molecule has 0 radical (unpaired) electrons. The number of nitrogen functional groups attached to an aromatic ring is 1. The summed E-state index contributed by atoms with van der Waals surface area (Å²) in [6.45, 7) is 0.632. The number of hydrogen-bond donors (Lipinski definition) is 1. The molecule has 5 heteroatoms. The van der Waals surface area contributed by atoms with Gasteiger partial charge in [-0.1, -0.05) is 12.1 Å². The summed E-state index contributed by atoms with van der Waals surface area (Å²) in [4.78, 5) is 3.93. The molecular formula is C13H16N4O. The molecule has 1 aromatic carbocycles. The Morgan fingerprint density at radius 3 is 2.72 bits per heavy atom. The van der Waals surface area contributed by atoms with Crippen LogP contribution in [-0.4, -0.2) is 30.2 Å². The normalized spacial score (nSPS) is 11.0. The van der Waals surface area contributed by atoms with E-state index < -0.39 is 0 Å². The Balaban J connectivity index is 2.17. The predicted molar refractivity (Wildman–Crippen MR) is 72.3 cm³/mol. The molecule has 2 N–H and O–H groups in total. The van der Waals surface area contributed by atoms with Gasteiger partial charge in [-0.3, -0.25) is 4.99 Å². The Morgan fingerprint density at radius 2 is 2.11 bits per heavy atom. The lowest BCUT2D eigenvalue weighted by Crippen LogP contribution is -2.06. The third kappa shape index (κ3) is 2.51. The molecule has 94 valence electrons. The maximum absolute atomic E-state index is 5.98. The zero-order chi connectivity index (χ0) is 13.0. The average Bonchev–Trinajstić information content (AvgIpc) is 2.73. The van der Waals surface area contributed by atoms with Gasteiger partial charge in [0.15, 0.2) is 0 Å². The molecule has 0 aliphatic rings. The number of aromatic nitrogens is 2. The van der Waals surface area contributed by atoms with Gasteiger partial charge in [0.05, 0.1) is 25.4 Å². The molecule has 0 spiro atoms. The van der Waals surface area contributed by atoms with E-state index >= 15 is 0 Å². The largest absolute Gasteiger partial charge is 0.497 e. The van der Waals surface area contributed by atoms with Crippen molar-refractivity contribution < 1.29 is 4.74 Å². The Hall–Kier alpha value is -2.30. The highest BCUT2D eigenvalue weighted by Gasteiger charge is 2.05. The number of rotatable bonds is 4. The van der Waals surface area contributed by atoms with Crippen LogP contribution in [0.2, 0.25) is 0 Å². The van der Waals surface area contributed by atoms with E-state index in [1.807, 2.05) is 24.3 Å². The number of anilines is 1. The van der Waals surface area contributed by atoms with Crippen LogP contribution in [0.4, 0.5) is 5.82 Å². The van der Waals surface area contributed by atoms with Crippen LogP contribution in [0.3, 0.4) is 0 Å². The highest BCUT2D eigenvalue weighted by molar-refractivity contribution is 5.85. The van der Waals surface area contributed by atoms with Gasteiger partial charge in [-0.05, 0) is 17.7 Å². The van der Waals surface area contributed by atoms with Gasteiger partial charge in [0.25, 0.3) is 0 Å². The Kier molecular flexibility index (Phi) is 3.62. The van der Waals surface area contributed by atoms with Gasteiger partial charge in [0.2, 0.25) is 0 Å². The maximum atomic E-state index is 5.98. The van der Waals surface area contributed by atoms with Gasteiger partial charge < -0.3 is 10.5 Å². The van der Waals surface area contributed by atoms with E-state index in [9.17, 15) is 0 Å². The molecule has 18 heavy (non-hydrogen) atoms. The first kappa shape index (κ1) is 12.2. The average molecular weight is 244 g/mol. The molecule has 2 rings (SSSR count). The number of benzene rings is 1. The number of nitrogens with two attached hydrogens (primary N) is 1. The lowest BCUT2D eigenvalue weighted by atomic mass is 10.2. The second-order valence-corrected chi connectivity index (χ2v) is 3.88. The van der Waals surface area contributed by atoms with Crippen LogP contribution in [0.5, 0.6) is 5.75 Å². The second-order valence-electron chi connectivity index (χ2n) is 3.88. The molecular weight excluding hydrogens is 228 g/mol. The number of hydrogen-bond acceptors (Lipinski definition) is 4. The van der Waals surface area contributed by atoms with Crippen LogP contribution in [-0.2, 0) is 6.54 Å². The Labute approximate surface area is 106 Å². The first-order chi connectivity index (χ1) is 8.74. The van der Waals surface area contributed by atoms with E-state index in [4.69, 9.17) is 10.5 Å². The monoisotopic (exact) mass is 244 g/mol. The zero-order valence-corrected chi connectivity index (χ0v) is 10.5. The van der Waals surface area contributed by atoms with Crippen LogP contribution in [0.25, 0.3) is 0 Å². The third-order valence-electron chi connectivity index (χ3n) is 2.67. The highest BCUT2D eigenvalue weighted by Crippen LogP contribution is 2.15. The van der Waals surface area contributed by atoms with Gasteiger partial charge in [-0.15, -0.1) is 0 Å². The van der Waals surface area contributed by atoms with Crippen molar-refractivity contribution in [2.45, 2.75) is 6.54 Å². The molecule has 0 bridgehead atoms. The summed E-state index contributed by atoms with van der Waals surface area (Å²) < 4.78 is 6.86. The first-order valence-electron chi connectivity index (χ1n) is 5.61.